The minimum Gasteiger partial charge on any atom is -0.491 e. The van der Waals surface area contributed by atoms with E-state index in [0.717, 1.165) is 44.0 Å². The third-order valence-corrected chi connectivity index (χ3v) is 5.35. The molecule has 0 atom stereocenters. The van der Waals surface area contributed by atoms with Crippen LogP contribution in [-0.4, -0.2) is 65.8 Å². The van der Waals surface area contributed by atoms with E-state index >= 15 is 0 Å². The number of amides is 2. The van der Waals surface area contributed by atoms with Crippen molar-refractivity contribution in [3.63, 3.8) is 0 Å². The standard InChI is InChI=1S/C21H25N3O4/c1-16(25)23-8-6-22(7-9-23)14-17-4-5-19-18(13-17)15-24(10-12-28-19)21(26)20-3-2-11-27-20/h2-5,11,13H,6-10,12,14-15H2,1H3. The van der Waals surface area contributed by atoms with E-state index in [-0.39, 0.29) is 11.8 Å². The molecular formula is C21H25N3O4. The summed E-state index contributed by atoms with van der Waals surface area (Å²) in [6.45, 7) is 7.22. The molecule has 0 aliphatic carbocycles. The van der Waals surface area contributed by atoms with Crippen LogP contribution in [0.3, 0.4) is 0 Å². The number of ether oxygens (including phenoxy) is 1. The zero-order valence-corrected chi connectivity index (χ0v) is 16.1. The van der Waals surface area contributed by atoms with Crippen molar-refractivity contribution in [1.29, 1.82) is 0 Å². The number of benzene rings is 1. The van der Waals surface area contributed by atoms with Crippen LogP contribution in [0, 0.1) is 0 Å². The Hall–Kier alpha value is -2.80. The predicted molar refractivity (Wildman–Crippen MR) is 103 cm³/mol. The zero-order chi connectivity index (χ0) is 19.5. The van der Waals surface area contributed by atoms with Gasteiger partial charge in [-0.2, -0.15) is 0 Å². The van der Waals surface area contributed by atoms with E-state index < -0.39 is 0 Å². The van der Waals surface area contributed by atoms with Gasteiger partial charge >= 0.3 is 0 Å². The Bertz CT molecular complexity index is 841. The van der Waals surface area contributed by atoms with E-state index in [1.54, 1.807) is 24.0 Å². The molecule has 1 aromatic heterocycles. The second kappa shape index (κ2) is 8.06. The highest BCUT2D eigenvalue weighted by atomic mass is 16.5. The molecule has 4 rings (SSSR count). The number of fused-ring (bicyclic) bond motifs is 1. The van der Waals surface area contributed by atoms with Crippen molar-refractivity contribution in [3.05, 3.63) is 53.5 Å². The van der Waals surface area contributed by atoms with Crippen molar-refractivity contribution in [3.8, 4) is 5.75 Å². The van der Waals surface area contributed by atoms with Crippen LogP contribution in [0.4, 0.5) is 0 Å². The Labute approximate surface area is 164 Å². The number of carbonyl (C=O) groups is 2. The molecule has 148 valence electrons. The molecule has 0 radical (unpaired) electrons. The van der Waals surface area contributed by atoms with Crippen LogP contribution in [0.1, 0.15) is 28.6 Å². The number of hydrogen-bond donors (Lipinski definition) is 0. The van der Waals surface area contributed by atoms with Crippen LogP contribution in [-0.2, 0) is 17.9 Å². The van der Waals surface area contributed by atoms with Gasteiger partial charge in [0.2, 0.25) is 5.91 Å². The molecule has 1 aromatic carbocycles. The van der Waals surface area contributed by atoms with Gasteiger partial charge in [-0.05, 0) is 29.8 Å². The van der Waals surface area contributed by atoms with E-state index in [4.69, 9.17) is 9.15 Å². The maximum atomic E-state index is 12.6. The molecule has 1 saturated heterocycles. The molecule has 0 N–H and O–H groups in total. The lowest BCUT2D eigenvalue weighted by atomic mass is 10.1. The van der Waals surface area contributed by atoms with Crippen LogP contribution >= 0.6 is 0 Å². The monoisotopic (exact) mass is 383 g/mol. The smallest absolute Gasteiger partial charge is 0.289 e. The minimum absolute atomic E-state index is 0.118. The molecule has 2 aliphatic rings. The van der Waals surface area contributed by atoms with E-state index in [1.165, 1.54) is 11.8 Å². The lowest BCUT2D eigenvalue weighted by Gasteiger charge is -2.34. The van der Waals surface area contributed by atoms with Crippen molar-refractivity contribution in [1.82, 2.24) is 14.7 Å². The Balaban J connectivity index is 1.44. The number of furan rings is 1. The summed E-state index contributed by atoms with van der Waals surface area (Å²) in [6.07, 6.45) is 1.51. The summed E-state index contributed by atoms with van der Waals surface area (Å²) < 4.78 is 11.1. The van der Waals surface area contributed by atoms with Crippen molar-refractivity contribution >= 4 is 11.8 Å². The first-order valence-electron chi connectivity index (χ1n) is 9.65. The van der Waals surface area contributed by atoms with Crippen LogP contribution in [0.2, 0.25) is 0 Å². The molecule has 3 heterocycles. The van der Waals surface area contributed by atoms with Gasteiger partial charge in [-0.15, -0.1) is 0 Å². The van der Waals surface area contributed by atoms with Gasteiger partial charge in [0.05, 0.1) is 12.8 Å². The first-order chi connectivity index (χ1) is 13.6. The molecule has 0 saturated carbocycles. The summed E-state index contributed by atoms with van der Waals surface area (Å²) in [7, 11) is 0. The predicted octanol–water partition coefficient (Wildman–Crippen LogP) is 1.98. The molecule has 7 heteroatoms. The molecule has 2 aliphatic heterocycles. The molecule has 2 amide bonds. The maximum Gasteiger partial charge on any atom is 0.289 e. The van der Waals surface area contributed by atoms with Gasteiger partial charge in [-0.1, -0.05) is 6.07 Å². The average Bonchev–Trinajstić information content (AvgIpc) is 3.15. The van der Waals surface area contributed by atoms with Crippen LogP contribution in [0.15, 0.2) is 41.0 Å². The second-order valence-electron chi connectivity index (χ2n) is 7.28. The first kappa shape index (κ1) is 18.6. The molecule has 0 spiro atoms. The minimum atomic E-state index is -0.118. The Morgan fingerprint density at radius 3 is 2.57 bits per heavy atom. The van der Waals surface area contributed by atoms with Gasteiger partial charge < -0.3 is 19.0 Å². The third-order valence-electron chi connectivity index (χ3n) is 5.35. The van der Waals surface area contributed by atoms with Crippen molar-refractivity contribution in [2.24, 2.45) is 0 Å². The second-order valence-corrected chi connectivity index (χ2v) is 7.28. The third kappa shape index (κ3) is 4.04. The van der Waals surface area contributed by atoms with E-state index in [0.29, 0.717) is 25.5 Å². The maximum absolute atomic E-state index is 12.6. The Morgan fingerprint density at radius 1 is 1.04 bits per heavy atom. The van der Waals surface area contributed by atoms with Crippen LogP contribution in [0.5, 0.6) is 5.75 Å². The van der Waals surface area contributed by atoms with Crippen LogP contribution in [0.25, 0.3) is 0 Å². The lowest BCUT2D eigenvalue weighted by Crippen LogP contribution is -2.47. The van der Waals surface area contributed by atoms with E-state index in [1.807, 2.05) is 11.0 Å². The van der Waals surface area contributed by atoms with Gasteiger partial charge in [0.15, 0.2) is 5.76 Å². The molecule has 0 unspecified atom stereocenters. The highest BCUT2D eigenvalue weighted by Crippen LogP contribution is 2.26. The fraction of sp³-hybridized carbons (Fsp3) is 0.429. The van der Waals surface area contributed by atoms with Crippen molar-refractivity contribution < 1.29 is 18.7 Å². The fourth-order valence-corrected chi connectivity index (χ4v) is 3.75. The molecule has 2 aromatic rings. The van der Waals surface area contributed by atoms with Gasteiger partial charge in [-0.25, -0.2) is 0 Å². The Kier molecular flexibility index (Phi) is 5.34. The summed E-state index contributed by atoms with van der Waals surface area (Å²) in [4.78, 5) is 30.1. The van der Waals surface area contributed by atoms with E-state index in [2.05, 4.69) is 17.0 Å². The molecule has 1 fully saturated rings. The van der Waals surface area contributed by atoms with Crippen molar-refractivity contribution in [2.75, 3.05) is 39.3 Å². The van der Waals surface area contributed by atoms with E-state index in [9.17, 15) is 9.59 Å². The normalized spacial score (nSPS) is 17.6. The number of carbonyl (C=O) groups excluding carboxylic acids is 2. The van der Waals surface area contributed by atoms with Gasteiger partial charge in [0.1, 0.15) is 12.4 Å². The zero-order valence-electron chi connectivity index (χ0n) is 16.1. The Morgan fingerprint density at radius 2 is 1.86 bits per heavy atom. The molecule has 28 heavy (non-hydrogen) atoms. The largest absolute Gasteiger partial charge is 0.491 e. The quantitative estimate of drug-likeness (QED) is 0.811. The summed E-state index contributed by atoms with van der Waals surface area (Å²) in [6, 6.07) is 9.61. The highest BCUT2D eigenvalue weighted by molar-refractivity contribution is 5.91. The first-order valence-corrected chi connectivity index (χ1v) is 9.65. The van der Waals surface area contributed by atoms with Gasteiger partial charge in [0.25, 0.3) is 5.91 Å². The summed E-state index contributed by atoms with van der Waals surface area (Å²) in [5.74, 6) is 1.21. The highest BCUT2D eigenvalue weighted by Gasteiger charge is 2.24. The summed E-state index contributed by atoms with van der Waals surface area (Å²) >= 11 is 0. The van der Waals surface area contributed by atoms with Crippen molar-refractivity contribution in [2.45, 2.75) is 20.0 Å². The average molecular weight is 383 g/mol. The topological polar surface area (TPSA) is 66.2 Å². The molecule has 0 bridgehead atoms. The fourth-order valence-electron chi connectivity index (χ4n) is 3.75. The van der Waals surface area contributed by atoms with Gasteiger partial charge in [-0.3, -0.25) is 14.5 Å². The number of rotatable bonds is 3. The molecule has 7 nitrogen and oxygen atoms in total. The number of hydrogen-bond acceptors (Lipinski definition) is 5. The van der Waals surface area contributed by atoms with Gasteiger partial charge in [0, 0.05) is 51.8 Å². The summed E-state index contributed by atoms with van der Waals surface area (Å²) in [5, 5.41) is 0. The SMILES string of the molecule is CC(=O)N1CCN(Cc2ccc3c(c2)CN(C(=O)c2ccco2)CCO3)CC1. The summed E-state index contributed by atoms with van der Waals surface area (Å²) in [5.41, 5.74) is 2.20. The lowest BCUT2D eigenvalue weighted by molar-refractivity contribution is -0.130. The number of piperazine rings is 1. The number of nitrogens with zero attached hydrogens (tertiary/aromatic N) is 3. The van der Waals surface area contributed by atoms with Crippen LogP contribution < -0.4 is 4.74 Å². The molecular weight excluding hydrogens is 358 g/mol.